The molecular formula is C35H40ClN3O2. The number of para-hydroxylation sites is 1. The van der Waals surface area contributed by atoms with E-state index in [4.69, 9.17) is 16.3 Å². The van der Waals surface area contributed by atoms with Crippen molar-refractivity contribution in [1.29, 1.82) is 0 Å². The Kier molecular flexibility index (Phi) is 8.64. The number of carbonyl (C=O) groups is 1. The normalized spacial score (nSPS) is 20.4. The number of nitrogens with one attached hydrogen (secondary N) is 1. The second-order valence-corrected chi connectivity index (χ2v) is 12.2. The van der Waals surface area contributed by atoms with Crippen molar-refractivity contribution >= 4 is 28.4 Å². The van der Waals surface area contributed by atoms with Crippen LogP contribution in [0.5, 0.6) is 5.75 Å². The van der Waals surface area contributed by atoms with Crippen molar-refractivity contribution in [1.82, 2.24) is 14.8 Å². The maximum atomic E-state index is 13.3. The molecule has 0 aliphatic carbocycles. The molecule has 0 saturated carbocycles. The van der Waals surface area contributed by atoms with Gasteiger partial charge >= 0.3 is 0 Å². The quantitative estimate of drug-likeness (QED) is 0.203. The number of carbonyl (C=O) groups excluding carboxylic acids is 1. The lowest BCUT2D eigenvalue weighted by atomic mass is 9.86. The van der Waals surface area contributed by atoms with E-state index in [1.54, 1.807) is 7.11 Å². The molecule has 0 spiro atoms. The molecule has 2 unspecified atom stereocenters. The maximum Gasteiger partial charge on any atom is 0.253 e. The first kappa shape index (κ1) is 27.9. The molecule has 2 aliphatic rings. The summed E-state index contributed by atoms with van der Waals surface area (Å²) in [4.78, 5) is 16.1. The molecule has 2 atom stereocenters. The van der Waals surface area contributed by atoms with Gasteiger partial charge in [0.25, 0.3) is 5.91 Å². The van der Waals surface area contributed by atoms with E-state index in [9.17, 15) is 4.79 Å². The van der Waals surface area contributed by atoms with Crippen LogP contribution in [-0.2, 0) is 19.5 Å². The zero-order valence-electron chi connectivity index (χ0n) is 23.9. The predicted octanol–water partition coefficient (Wildman–Crippen LogP) is 7.50. The van der Waals surface area contributed by atoms with E-state index in [1.165, 1.54) is 44.1 Å². The van der Waals surface area contributed by atoms with Gasteiger partial charge in [-0.2, -0.15) is 0 Å². The van der Waals surface area contributed by atoms with Crippen molar-refractivity contribution in [2.75, 3.05) is 13.7 Å². The fraction of sp³-hybridized carbons (Fsp3) is 0.400. The molecule has 4 aromatic rings. The first-order chi connectivity index (χ1) is 20.1. The lowest BCUT2D eigenvalue weighted by Crippen LogP contribution is -2.43. The van der Waals surface area contributed by atoms with Crippen molar-refractivity contribution in [2.45, 2.75) is 70.1 Å². The Bertz CT molecular complexity index is 1470. The van der Waals surface area contributed by atoms with Gasteiger partial charge in [-0.3, -0.25) is 9.69 Å². The van der Waals surface area contributed by atoms with Crippen LogP contribution in [0, 0.1) is 5.92 Å². The van der Waals surface area contributed by atoms with Crippen molar-refractivity contribution in [2.24, 2.45) is 5.92 Å². The van der Waals surface area contributed by atoms with Gasteiger partial charge in [0, 0.05) is 48.3 Å². The molecule has 41 heavy (non-hydrogen) atoms. The minimum absolute atomic E-state index is 0.0856. The van der Waals surface area contributed by atoms with E-state index in [1.807, 2.05) is 48.7 Å². The summed E-state index contributed by atoms with van der Waals surface area (Å²) in [6, 6.07) is 25.9. The standard InChI is InChI=1S/C35H40ClN3O2/c1-41-33-13-6-12-31-32(35(40)37-23-27-10-5-11-28(36)20-27)24-38(34(31)33)18-7-19-39-29-16-17-30(39)22-26(21-29)15-14-25-8-3-2-4-9-25/h2-6,8-13,20,24,26,29-30H,7,14-19,21-23H2,1H3,(H,37,40). The van der Waals surface area contributed by atoms with Crippen LogP contribution in [0.4, 0.5) is 0 Å². The number of aryl methyl sites for hydroxylation is 2. The van der Waals surface area contributed by atoms with Crippen LogP contribution >= 0.6 is 11.6 Å². The third-order valence-corrected chi connectivity index (χ3v) is 9.38. The van der Waals surface area contributed by atoms with Crippen LogP contribution in [0.25, 0.3) is 10.9 Å². The Morgan fingerprint density at radius 1 is 0.951 bits per heavy atom. The van der Waals surface area contributed by atoms with E-state index in [0.29, 0.717) is 17.1 Å². The van der Waals surface area contributed by atoms with Gasteiger partial charge in [0.05, 0.1) is 18.2 Å². The lowest BCUT2D eigenvalue weighted by Gasteiger charge is -2.39. The molecule has 6 rings (SSSR count). The summed E-state index contributed by atoms with van der Waals surface area (Å²) in [6.45, 7) is 2.39. The van der Waals surface area contributed by atoms with Crippen LogP contribution in [-0.4, -0.2) is 41.1 Å². The minimum Gasteiger partial charge on any atom is -0.495 e. The maximum absolute atomic E-state index is 13.3. The van der Waals surface area contributed by atoms with E-state index < -0.39 is 0 Å². The minimum atomic E-state index is -0.0856. The number of rotatable bonds is 11. The second kappa shape index (κ2) is 12.7. The number of halogens is 1. The van der Waals surface area contributed by atoms with E-state index in [2.05, 4.69) is 45.1 Å². The topological polar surface area (TPSA) is 46.5 Å². The first-order valence-electron chi connectivity index (χ1n) is 15.1. The van der Waals surface area contributed by atoms with Gasteiger partial charge in [-0.1, -0.05) is 66.2 Å². The highest BCUT2D eigenvalue weighted by atomic mass is 35.5. The van der Waals surface area contributed by atoms with Gasteiger partial charge in [-0.25, -0.2) is 0 Å². The highest BCUT2D eigenvalue weighted by Crippen LogP contribution is 2.40. The molecular weight excluding hydrogens is 530 g/mol. The summed E-state index contributed by atoms with van der Waals surface area (Å²) in [5.41, 5.74) is 4.12. The zero-order valence-corrected chi connectivity index (χ0v) is 24.7. The van der Waals surface area contributed by atoms with E-state index in [-0.39, 0.29) is 5.91 Å². The Hall–Kier alpha value is -3.28. The number of fused-ring (bicyclic) bond motifs is 3. The highest BCUT2D eigenvalue weighted by molar-refractivity contribution is 6.30. The van der Waals surface area contributed by atoms with Crippen molar-refractivity contribution in [3.05, 3.63) is 101 Å². The fourth-order valence-corrected chi connectivity index (χ4v) is 7.41. The third kappa shape index (κ3) is 6.32. The Balaban J connectivity index is 1.09. The van der Waals surface area contributed by atoms with E-state index in [0.717, 1.165) is 59.7 Å². The monoisotopic (exact) mass is 569 g/mol. The lowest BCUT2D eigenvalue weighted by molar-refractivity contribution is 0.0952. The van der Waals surface area contributed by atoms with Crippen LogP contribution in [0.2, 0.25) is 5.02 Å². The number of piperidine rings is 1. The average molecular weight is 570 g/mol. The van der Waals surface area contributed by atoms with Gasteiger partial charge < -0.3 is 14.6 Å². The second-order valence-electron chi connectivity index (χ2n) is 11.7. The van der Waals surface area contributed by atoms with Gasteiger partial charge in [0.2, 0.25) is 0 Å². The summed E-state index contributed by atoms with van der Waals surface area (Å²) < 4.78 is 7.95. The number of benzene rings is 3. The summed E-state index contributed by atoms with van der Waals surface area (Å²) in [7, 11) is 1.70. The molecule has 1 aromatic heterocycles. The fourth-order valence-electron chi connectivity index (χ4n) is 7.20. The van der Waals surface area contributed by atoms with Crippen LogP contribution in [0.3, 0.4) is 0 Å². The molecule has 2 bridgehead atoms. The highest BCUT2D eigenvalue weighted by Gasteiger charge is 2.39. The van der Waals surface area contributed by atoms with Crippen LogP contribution < -0.4 is 10.1 Å². The number of ether oxygens (including phenoxy) is 1. The zero-order chi connectivity index (χ0) is 28.2. The molecule has 2 aliphatic heterocycles. The van der Waals surface area contributed by atoms with Gasteiger partial charge in [0.15, 0.2) is 0 Å². The van der Waals surface area contributed by atoms with Gasteiger partial charge in [-0.05, 0) is 80.2 Å². The summed E-state index contributed by atoms with van der Waals surface area (Å²) in [6.07, 6.45) is 10.9. The Labute approximate surface area is 248 Å². The van der Waals surface area contributed by atoms with Gasteiger partial charge in [0.1, 0.15) is 5.75 Å². The number of amides is 1. The smallest absolute Gasteiger partial charge is 0.253 e. The Morgan fingerprint density at radius 2 is 1.71 bits per heavy atom. The van der Waals surface area contributed by atoms with Gasteiger partial charge in [-0.15, -0.1) is 0 Å². The predicted molar refractivity (Wildman–Crippen MR) is 167 cm³/mol. The molecule has 3 heterocycles. The first-order valence-corrected chi connectivity index (χ1v) is 15.4. The molecule has 1 N–H and O–H groups in total. The third-order valence-electron chi connectivity index (χ3n) is 9.15. The van der Waals surface area contributed by atoms with Crippen LogP contribution in [0.15, 0.2) is 79.0 Å². The molecule has 2 saturated heterocycles. The molecule has 6 heteroatoms. The Morgan fingerprint density at radius 3 is 2.46 bits per heavy atom. The number of hydrogen-bond donors (Lipinski definition) is 1. The van der Waals surface area contributed by atoms with Crippen molar-refractivity contribution in [3.63, 3.8) is 0 Å². The van der Waals surface area contributed by atoms with Crippen LogP contribution in [0.1, 0.15) is 60.0 Å². The largest absolute Gasteiger partial charge is 0.495 e. The molecule has 5 nitrogen and oxygen atoms in total. The van der Waals surface area contributed by atoms with Crippen molar-refractivity contribution < 1.29 is 9.53 Å². The average Bonchev–Trinajstić information content (AvgIpc) is 3.48. The number of methoxy groups -OCH3 is 1. The summed E-state index contributed by atoms with van der Waals surface area (Å²) >= 11 is 6.13. The molecule has 214 valence electrons. The molecule has 2 fully saturated rings. The molecule has 1 amide bonds. The van der Waals surface area contributed by atoms with Crippen molar-refractivity contribution in [3.8, 4) is 5.75 Å². The number of hydrogen-bond acceptors (Lipinski definition) is 3. The summed E-state index contributed by atoms with van der Waals surface area (Å²) in [5.74, 6) is 1.56. The summed E-state index contributed by atoms with van der Waals surface area (Å²) in [5, 5.41) is 4.67. The molecule has 3 aromatic carbocycles. The molecule has 0 radical (unpaired) electrons. The number of nitrogens with zero attached hydrogens (tertiary/aromatic N) is 2. The van der Waals surface area contributed by atoms with E-state index >= 15 is 0 Å². The SMILES string of the molecule is COc1cccc2c(C(=O)NCc3cccc(Cl)c3)cn(CCCN3C4CCC3CC(CCc3ccccc3)C4)c12. The number of aromatic nitrogens is 1.